The second kappa shape index (κ2) is 13.6. The Morgan fingerprint density at radius 2 is 1.14 bits per heavy atom. The van der Waals surface area contributed by atoms with Crippen molar-refractivity contribution in [1.29, 1.82) is 0 Å². The van der Waals surface area contributed by atoms with E-state index in [0.717, 1.165) is 44.4 Å². The summed E-state index contributed by atoms with van der Waals surface area (Å²) in [5.41, 5.74) is 15.7. The largest absolute Gasteiger partial charge is 0.370 e. The van der Waals surface area contributed by atoms with Crippen molar-refractivity contribution >= 4 is 11.8 Å². The fraction of sp³-hybridized carbons (Fsp3) is 0.882. The smallest absolute Gasteiger partial charge is 0.217 e. The third kappa shape index (κ3) is 15.3. The van der Waals surface area contributed by atoms with Gasteiger partial charge in [-0.3, -0.25) is 9.59 Å². The summed E-state index contributed by atoms with van der Waals surface area (Å²) < 4.78 is 0. The zero-order chi connectivity index (χ0) is 16.8. The maximum Gasteiger partial charge on any atom is 0.217 e. The van der Waals surface area contributed by atoms with Gasteiger partial charge in [0.05, 0.1) is 0 Å². The molecule has 0 spiro atoms. The number of hydrogen-bond acceptors (Lipinski definition) is 3. The van der Waals surface area contributed by atoms with E-state index in [1.807, 2.05) is 0 Å². The molecule has 6 N–H and O–H groups in total. The van der Waals surface area contributed by atoms with E-state index >= 15 is 0 Å². The molecule has 1 fully saturated rings. The van der Waals surface area contributed by atoms with Crippen molar-refractivity contribution in [3.8, 4) is 0 Å². The van der Waals surface area contributed by atoms with E-state index in [4.69, 9.17) is 17.2 Å². The van der Waals surface area contributed by atoms with Gasteiger partial charge in [0, 0.05) is 18.9 Å². The topological polar surface area (TPSA) is 112 Å². The van der Waals surface area contributed by atoms with Gasteiger partial charge in [-0.25, -0.2) is 0 Å². The summed E-state index contributed by atoms with van der Waals surface area (Å²) in [4.78, 5) is 20.8. The molecule has 130 valence electrons. The van der Waals surface area contributed by atoms with Crippen LogP contribution in [0.25, 0.3) is 0 Å². The number of rotatable bonds is 9. The summed E-state index contributed by atoms with van der Waals surface area (Å²) in [6, 6.07) is 0.520. The SMILES string of the molecule is CC1CCC(N)CC1.NC(=O)CCCCCCCCC(N)=O. The minimum atomic E-state index is -0.223. The average Bonchev–Trinajstić information content (AvgIpc) is 2.45. The highest BCUT2D eigenvalue weighted by atomic mass is 16.1. The van der Waals surface area contributed by atoms with Crippen LogP contribution in [0.2, 0.25) is 0 Å². The van der Waals surface area contributed by atoms with Crippen molar-refractivity contribution in [3.63, 3.8) is 0 Å². The van der Waals surface area contributed by atoms with Crippen molar-refractivity contribution in [2.45, 2.75) is 90.0 Å². The van der Waals surface area contributed by atoms with Crippen LogP contribution >= 0.6 is 0 Å². The molecule has 1 aliphatic rings. The Kier molecular flexibility index (Phi) is 12.9. The van der Waals surface area contributed by atoms with Gasteiger partial charge in [0.15, 0.2) is 0 Å². The van der Waals surface area contributed by atoms with Crippen LogP contribution in [0, 0.1) is 5.92 Å². The van der Waals surface area contributed by atoms with Crippen LogP contribution in [-0.4, -0.2) is 17.9 Å². The number of nitrogens with two attached hydrogens (primary N) is 3. The lowest BCUT2D eigenvalue weighted by Gasteiger charge is -2.22. The summed E-state index contributed by atoms with van der Waals surface area (Å²) in [5.74, 6) is 0.493. The van der Waals surface area contributed by atoms with Crippen LogP contribution in [0.15, 0.2) is 0 Å². The lowest BCUT2D eigenvalue weighted by Crippen LogP contribution is -2.25. The maximum absolute atomic E-state index is 10.4. The molecule has 0 saturated heterocycles. The summed E-state index contributed by atoms with van der Waals surface area (Å²) >= 11 is 0. The molecule has 0 unspecified atom stereocenters. The van der Waals surface area contributed by atoms with Crippen molar-refractivity contribution < 1.29 is 9.59 Å². The molecule has 0 aromatic rings. The van der Waals surface area contributed by atoms with E-state index in [1.165, 1.54) is 25.7 Å². The Bertz CT molecular complexity index is 270. The zero-order valence-corrected chi connectivity index (χ0v) is 14.2. The van der Waals surface area contributed by atoms with Crippen LogP contribution in [0.5, 0.6) is 0 Å². The fourth-order valence-electron chi connectivity index (χ4n) is 2.59. The molecule has 0 heterocycles. The number of unbranched alkanes of at least 4 members (excludes halogenated alkanes) is 5. The Morgan fingerprint density at radius 1 is 0.773 bits per heavy atom. The maximum atomic E-state index is 10.4. The second-order valence-electron chi connectivity index (χ2n) is 6.57. The summed E-state index contributed by atoms with van der Waals surface area (Å²) in [7, 11) is 0. The zero-order valence-electron chi connectivity index (χ0n) is 14.2. The molecule has 0 aromatic carbocycles. The van der Waals surface area contributed by atoms with Gasteiger partial charge in [-0.1, -0.05) is 32.6 Å². The number of hydrogen-bond donors (Lipinski definition) is 3. The molecule has 1 aliphatic carbocycles. The monoisotopic (exact) mass is 313 g/mol. The van der Waals surface area contributed by atoms with Crippen LogP contribution in [-0.2, 0) is 9.59 Å². The highest BCUT2D eigenvalue weighted by Gasteiger charge is 2.13. The van der Waals surface area contributed by atoms with Gasteiger partial charge in [0.25, 0.3) is 0 Å². The van der Waals surface area contributed by atoms with Gasteiger partial charge >= 0.3 is 0 Å². The van der Waals surface area contributed by atoms with Crippen LogP contribution in [0.3, 0.4) is 0 Å². The molecule has 0 radical (unpaired) electrons. The first kappa shape index (κ1) is 20.9. The third-order valence-electron chi connectivity index (χ3n) is 4.16. The normalized spacial score (nSPS) is 20.8. The standard InChI is InChI=1S/C10H20N2O2.C7H15N/c11-9(13)7-5-3-1-2-4-6-8-10(12)14;1-6-2-4-7(8)5-3-6/h1-8H2,(H2,11,13)(H2,12,14);6-7H,2-5,8H2,1H3. The van der Waals surface area contributed by atoms with Gasteiger partial charge < -0.3 is 17.2 Å². The molecule has 5 nitrogen and oxygen atoms in total. The minimum absolute atomic E-state index is 0.223. The Balaban J connectivity index is 0.000000461. The predicted octanol–water partition coefficient (Wildman–Crippen LogP) is 2.60. The number of amides is 2. The predicted molar refractivity (Wildman–Crippen MR) is 90.9 cm³/mol. The molecule has 0 aromatic heterocycles. The molecule has 22 heavy (non-hydrogen) atoms. The molecule has 0 bridgehead atoms. The lowest BCUT2D eigenvalue weighted by molar-refractivity contribution is -0.119. The van der Waals surface area contributed by atoms with Gasteiger partial charge in [-0.2, -0.15) is 0 Å². The Labute approximate surface area is 135 Å². The van der Waals surface area contributed by atoms with Crippen molar-refractivity contribution in [2.75, 3.05) is 0 Å². The first-order valence-electron chi connectivity index (χ1n) is 8.74. The summed E-state index contributed by atoms with van der Waals surface area (Å²) in [6.07, 6.45) is 12.2. The van der Waals surface area contributed by atoms with E-state index in [0.29, 0.717) is 18.9 Å². The van der Waals surface area contributed by atoms with Crippen LogP contribution in [0.4, 0.5) is 0 Å². The first-order chi connectivity index (χ1) is 10.4. The first-order valence-corrected chi connectivity index (χ1v) is 8.74. The average molecular weight is 313 g/mol. The second-order valence-corrected chi connectivity index (χ2v) is 6.57. The highest BCUT2D eigenvalue weighted by molar-refractivity contribution is 5.73. The van der Waals surface area contributed by atoms with E-state index in [1.54, 1.807) is 0 Å². The van der Waals surface area contributed by atoms with Gasteiger partial charge in [0.2, 0.25) is 11.8 Å². The van der Waals surface area contributed by atoms with Crippen LogP contribution in [0.1, 0.15) is 84.0 Å². The molecule has 0 atom stereocenters. The Morgan fingerprint density at radius 3 is 1.45 bits per heavy atom. The molecule has 0 aliphatic heterocycles. The van der Waals surface area contributed by atoms with E-state index in [2.05, 4.69) is 6.92 Å². The number of carbonyl (C=O) groups excluding carboxylic acids is 2. The van der Waals surface area contributed by atoms with Crippen LogP contribution < -0.4 is 17.2 Å². The van der Waals surface area contributed by atoms with Crippen molar-refractivity contribution in [3.05, 3.63) is 0 Å². The molecule has 2 amide bonds. The summed E-state index contributed by atoms with van der Waals surface area (Å²) in [6.45, 7) is 2.31. The molecular formula is C17H35N3O2. The third-order valence-corrected chi connectivity index (χ3v) is 4.16. The van der Waals surface area contributed by atoms with Gasteiger partial charge in [-0.15, -0.1) is 0 Å². The molecular weight excluding hydrogens is 278 g/mol. The summed E-state index contributed by atoms with van der Waals surface area (Å²) in [5, 5.41) is 0. The highest BCUT2D eigenvalue weighted by Crippen LogP contribution is 2.21. The number of carbonyl (C=O) groups is 2. The number of primary amides is 2. The quantitative estimate of drug-likeness (QED) is 0.569. The molecule has 5 heteroatoms. The Hall–Kier alpha value is -1.10. The minimum Gasteiger partial charge on any atom is -0.370 e. The van der Waals surface area contributed by atoms with Gasteiger partial charge in [-0.05, 0) is 44.4 Å². The van der Waals surface area contributed by atoms with Gasteiger partial charge in [0.1, 0.15) is 0 Å². The van der Waals surface area contributed by atoms with E-state index in [9.17, 15) is 9.59 Å². The molecule has 1 rings (SSSR count). The lowest BCUT2D eigenvalue weighted by atomic mass is 9.88. The van der Waals surface area contributed by atoms with Crippen molar-refractivity contribution in [2.24, 2.45) is 23.1 Å². The van der Waals surface area contributed by atoms with E-state index < -0.39 is 0 Å². The fourth-order valence-corrected chi connectivity index (χ4v) is 2.59. The van der Waals surface area contributed by atoms with Crippen molar-refractivity contribution in [1.82, 2.24) is 0 Å². The van der Waals surface area contributed by atoms with E-state index in [-0.39, 0.29) is 11.8 Å². The molecule has 1 saturated carbocycles.